The van der Waals surface area contributed by atoms with E-state index in [1.165, 1.54) is 30.6 Å². The molecule has 5 heteroatoms. The number of carbonyl (C=O) groups is 1. The van der Waals surface area contributed by atoms with E-state index in [9.17, 15) is 4.79 Å². The largest absolute Gasteiger partial charge is 0.462 e. The maximum Gasteiger partial charge on any atom is 0.312 e. The summed E-state index contributed by atoms with van der Waals surface area (Å²) >= 11 is 0. The number of esters is 1. The van der Waals surface area contributed by atoms with Gasteiger partial charge in [-0.2, -0.15) is 0 Å². The molecule has 5 rings (SSSR count). The van der Waals surface area contributed by atoms with Crippen LogP contribution >= 0.6 is 0 Å². The van der Waals surface area contributed by atoms with Crippen molar-refractivity contribution in [1.82, 2.24) is 9.80 Å². The Morgan fingerprint density at radius 1 is 0.967 bits per heavy atom. The SMILES string of the molecule is Cc1ccc(N2CCN(CCC3CC4(CCN(CC5CC5)CC4)C(=O)O3)CC2)cc1. The smallest absolute Gasteiger partial charge is 0.312 e. The van der Waals surface area contributed by atoms with Gasteiger partial charge >= 0.3 is 5.97 Å². The minimum atomic E-state index is -0.172. The molecule has 5 nitrogen and oxygen atoms in total. The number of nitrogens with zero attached hydrogens (tertiary/aromatic N) is 3. The lowest BCUT2D eigenvalue weighted by Crippen LogP contribution is -2.47. The fourth-order valence-corrected chi connectivity index (χ4v) is 5.55. The van der Waals surface area contributed by atoms with Crippen LogP contribution in [0.5, 0.6) is 0 Å². The predicted molar refractivity (Wildman–Crippen MR) is 120 cm³/mol. The number of piperidine rings is 1. The lowest BCUT2D eigenvalue weighted by molar-refractivity contribution is -0.151. The number of likely N-dealkylation sites (tertiary alicyclic amines) is 1. The number of piperazine rings is 1. The summed E-state index contributed by atoms with van der Waals surface area (Å²) in [6, 6.07) is 8.86. The Hall–Kier alpha value is -1.59. The highest BCUT2D eigenvalue weighted by Gasteiger charge is 2.50. The minimum Gasteiger partial charge on any atom is -0.462 e. The second-order valence-electron chi connectivity index (χ2n) is 10.2. The Morgan fingerprint density at radius 2 is 1.67 bits per heavy atom. The van der Waals surface area contributed by atoms with E-state index >= 15 is 0 Å². The summed E-state index contributed by atoms with van der Waals surface area (Å²) < 4.78 is 5.88. The monoisotopic (exact) mass is 411 g/mol. The minimum absolute atomic E-state index is 0.0998. The summed E-state index contributed by atoms with van der Waals surface area (Å²) in [6.45, 7) is 10.9. The van der Waals surface area contributed by atoms with Crippen molar-refractivity contribution < 1.29 is 9.53 Å². The number of hydrogen-bond donors (Lipinski definition) is 0. The van der Waals surface area contributed by atoms with Gasteiger partial charge in [0.1, 0.15) is 6.10 Å². The molecule has 0 N–H and O–H groups in total. The molecule has 1 atom stereocenters. The van der Waals surface area contributed by atoms with E-state index in [1.54, 1.807) is 0 Å². The molecule has 164 valence electrons. The second-order valence-corrected chi connectivity index (χ2v) is 10.2. The predicted octanol–water partition coefficient (Wildman–Crippen LogP) is 3.31. The van der Waals surface area contributed by atoms with Gasteiger partial charge in [-0.3, -0.25) is 9.69 Å². The molecular weight excluding hydrogens is 374 g/mol. The number of carbonyl (C=O) groups excluding carboxylic acids is 1. The van der Waals surface area contributed by atoms with Gasteiger partial charge in [0.25, 0.3) is 0 Å². The third-order valence-corrected chi connectivity index (χ3v) is 7.89. The molecule has 1 aliphatic carbocycles. The van der Waals surface area contributed by atoms with Crippen LogP contribution in [0.3, 0.4) is 0 Å². The zero-order chi connectivity index (χ0) is 20.6. The first-order valence-electron chi connectivity index (χ1n) is 12.1. The highest BCUT2D eigenvalue weighted by Crippen LogP contribution is 2.44. The van der Waals surface area contributed by atoms with Crippen molar-refractivity contribution >= 4 is 11.7 Å². The van der Waals surface area contributed by atoms with Gasteiger partial charge in [-0.15, -0.1) is 0 Å². The van der Waals surface area contributed by atoms with Crippen molar-refractivity contribution in [2.45, 2.75) is 51.6 Å². The Labute approximate surface area is 181 Å². The highest BCUT2D eigenvalue weighted by molar-refractivity contribution is 5.79. The van der Waals surface area contributed by atoms with Crippen molar-refractivity contribution in [3.8, 4) is 0 Å². The molecule has 1 unspecified atom stereocenters. The van der Waals surface area contributed by atoms with Gasteiger partial charge in [0, 0.05) is 51.4 Å². The van der Waals surface area contributed by atoms with Crippen LogP contribution in [0, 0.1) is 18.3 Å². The molecule has 4 fully saturated rings. The number of aryl methyl sites for hydroxylation is 1. The molecular formula is C25H37N3O2. The molecule has 3 saturated heterocycles. The average molecular weight is 412 g/mol. The summed E-state index contributed by atoms with van der Waals surface area (Å²) in [5.74, 6) is 1.04. The maximum atomic E-state index is 12.7. The fourth-order valence-electron chi connectivity index (χ4n) is 5.55. The van der Waals surface area contributed by atoms with E-state index in [2.05, 4.69) is 45.9 Å². The number of cyclic esters (lactones) is 1. The van der Waals surface area contributed by atoms with Crippen LogP contribution in [0.2, 0.25) is 0 Å². The van der Waals surface area contributed by atoms with Crippen molar-refractivity contribution in [2.24, 2.45) is 11.3 Å². The van der Waals surface area contributed by atoms with Gasteiger partial charge in [0.15, 0.2) is 0 Å². The van der Waals surface area contributed by atoms with Crippen LogP contribution in [0.4, 0.5) is 5.69 Å². The number of ether oxygens (including phenoxy) is 1. The van der Waals surface area contributed by atoms with Gasteiger partial charge in [-0.25, -0.2) is 0 Å². The topological polar surface area (TPSA) is 36.0 Å². The first-order chi connectivity index (χ1) is 14.6. The van der Waals surface area contributed by atoms with E-state index in [4.69, 9.17) is 4.74 Å². The summed E-state index contributed by atoms with van der Waals surface area (Å²) in [5, 5.41) is 0. The molecule has 3 heterocycles. The van der Waals surface area contributed by atoms with Crippen molar-refractivity contribution in [3.63, 3.8) is 0 Å². The third-order valence-electron chi connectivity index (χ3n) is 7.89. The molecule has 1 aromatic carbocycles. The van der Waals surface area contributed by atoms with Crippen LogP contribution in [-0.4, -0.2) is 74.2 Å². The molecule has 0 aromatic heterocycles. The first-order valence-corrected chi connectivity index (χ1v) is 12.1. The van der Waals surface area contributed by atoms with Gasteiger partial charge < -0.3 is 14.5 Å². The average Bonchev–Trinajstić information content (AvgIpc) is 3.53. The van der Waals surface area contributed by atoms with E-state index in [-0.39, 0.29) is 17.5 Å². The number of anilines is 1. The number of hydrogen-bond acceptors (Lipinski definition) is 5. The Bertz CT molecular complexity index is 729. The molecule has 0 bridgehead atoms. The third kappa shape index (κ3) is 4.52. The molecule has 3 aliphatic heterocycles. The van der Waals surface area contributed by atoms with Crippen LogP contribution in [0.15, 0.2) is 24.3 Å². The fraction of sp³-hybridized carbons (Fsp3) is 0.720. The van der Waals surface area contributed by atoms with E-state index in [0.717, 1.165) is 77.4 Å². The Kier molecular flexibility index (Phi) is 5.76. The van der Waals surface area contributed by atoms with Crippen molar-refractivity contribution in [1.29, 1.82) is 0 Å². The van der Waals surface area contributed by atoms with Crippen LogP contribution in [0.1, 0.15) is 44.1 Å². The summed E-state index contributed by atoms with van der Waals surface area (Å²) in [7, 11) is 0. The van der Waals surface area contributed by atoms with E-state index < -0.39 is 0 Å². The van der Waals surface area contributed by atoms with Gasteiger partial charge in [-0.05, 0) is 70.2 Å². The quantitative estimate of drug-likeness (QED) is 0.671. The molecule has 0 radical (unpaired) electrons. The van der Waals surface area contributed by atoms with Gasteiger partial charge in [-0.1, -0.05) is 17.7 Å². The molecule has 4 aliphatic rings. The Balaban J connectivity index is 1.05. The van der Waals surface area contributed by atoms with Crippen LogP contribution in [-0.2, 0) is 9.53 Å². The standard InChI is InChI=1S/C25H37N3O2/c1-20-2-6-22(7-3-20)28-16-14-26(15-17-28)11-8-23-18-25(24(29)30-23)9-12-27(13-10-25)19-21-4-5-21/h2-3,6-7,21,23H,4-5,8-19H2,1H3. The number of rotatable bonds is 6. The van der Waals surface area contributed by atoms with Gasteiger partial charge in [0.05, 0.1) is 5.41 Å². The maximum absolute atomic E-state index is 12.7. The first kappa shape index (κ1) is 20.3. The van der Waals surface area contributed by atoms with Crippen LogP contribution in [0.25, 0.3) is 0 Å². The molecule has 1 aromatic rings. The molecule has 1 saturated carbocycles. The zero-order valence-electron chi connectivity index (χ0n) is 18.5. The van der Waals surface area contributed by atoms with Crippen molar-refractivity contribution in [3.05, 3.63) is 29.8 Å². The van der Waals surface area contributed by atoms with Crippen LogP contribution < -0.4 is 4.90 Å². The second kappa shape index (κ2) is 8.51. The zero-order valence-corrected chi connectivity index (χ0v) is 18.5. The van der Waals surface area contributed by atoms with E-state index in [1.807, 2.05) is 0 Å². The normalized spacial score (nSPS) is 27.6. The highest BCUT2D eigenvalue weighted by atomic mass is 16.6. The lowest BCUT2D eigenvalue weighted by Gasteiger charge is -2.37. The molecule has 0 amide bonds. The Morgan fingerprint density at radius 3 is 2.33 bits per heavy atom. The summed E-state index contributed by atoms with van der Waals surface area (Å²) in [6.07, 6.45) is 6.89. The summed E-state index contributed by atoms with van der Waals surface area (Å²) in [5.41, 5.74) is 2.48. The lowest BCUT2D eigenvalue weighted by atomic mass is 9.75. The van der Waals surface area contributed by atoms with E-state index in [0.29, 0.717) is 0 Å². The van der Waals surface area contributed by atoms with Gasteiger partial charge in [0.2, 0.25) is 0 Å². The number of benzene rings is 1. The van der Waals surface area contributed by atoms with Crippen molar-refractivity contribution in [2.75, 3.05) is 57.3 Å². The molecule has 1 spiro atoms. The molecule has 30 heavy (non-hydrogen) atoms. The summed E-state index contributed by atoms with van der Waals surface area (Å²) in [4.78, 5) is 20.3.